The van der Waals surface area contributed by atoms with Gasteiger partial charge in [-0.15, -0.1) is 0 Å². The van der Waals surface area contributed by atoms with E-state index in [1.165, 1.54) is 5.56 Å². The van der Waals surface area contributed by atoms with E-state index in [9.17, 15) is 0 Å². The zero-order valence-corrected chi connectivity index (χ0v) is 13.0. The second-order valence-electron chi connectivity index (χ2n) is 4.84. The first-order valence-electron chi connectivity index (χ1n) is 6.97. The van der Waals surface area contributed by atoms with Crippen LogP contribution in [0.3, 0.4) is 0 Å². The summed E-state index contributed by atoms with van der Waals surface area (Å²) >= 11 is 3.62. The van der Waals surface area contributed by atoms with Crippen molar-refractivity contribution in [3.8, 4) is 0 Å². The van der Waals surface area contributed by atoms with E-state index >= 15 is 0 Å². The lowest BCUT2D eigenvalue weighted by atomic mass is 10.0. The third-order valence-electron chi connectivity index (χ3n) is 3.34. The van der Waals surface area contributed by atoms with Crippen molar-refractivity contribution in [1.82, 2.24) is 5.32 Å². The summed E-state index contributed by atoms with van der Waals surface area (Å²) < 4.78 is 12.5. The van der Waals surface area contributed by atoms with Gasteiger partial charge in [0.05, 0.1) is 25.9 Å². The Labute approximate surface area is 123 Å². The molecule has 0 saturated carbocycles. The normalized spacial score (nSPS) is 21.3. The Bertz CT molecular complexity index is 380. The van der Waals surface area contributed by atoms with Crippen LogP contribution < -0.4 is 5.32 Å². The Balaban J connectivity index is 2.02. The number of hydrogen-bond acceptors (Lipinski definition) is 3. The molecule has 1 N–H and O–H groups in total. The Morgan fingerprint density at radius 1 is 1.37 bits per heavy atom. The molecule has 1 heterocycles. The molecule has 19 heavy (non-hydrogen) atoms. The quantitative estimate of drug-likeness (QED) is 0.871. The lowest BCUT2D eigenvalue weighted by Gasteiger charge is -2.31. The molecule has 2 atom stereocenters. The second-order valence-corrected chi connectivity index (χ2v) is 5.69. The summed E-state index contributed by atoms with van der Waals surface area (Å²) in [7, 11) is 0. The highest BCUT2D eigenvalue weighted by atomic mass is 79.9. The molecule has 1 aliphatic rings. The average Bonchev–Trinajstić information content (AvgIpc) is 2.46. The van der Waals surface area contributed by atoms with Gasteiger partial charge in [0.15, 0.2) is 0 Å². The molecule has 2 rings (SSSR count). The maximum Gasteiger partial charge on any atom is 0.0965 e. The van der Waals surface area contributed by atoms with Crippen molar-refractivity contribution >= 4 is 15.9 Å². The maximum absolute atomic E-state index is 5.85. The molecule has 0 amide bonds. The Morgan fingerprint density at radius 3 is 2.89 bits per heavy atom. The highest BCUT2D eigenvalue weighted by Crippen LogP contribution is 2.20. The van der Waals surface area contributed by atoms with Gasteiger partial charge in [-0.05, 0) is 31.0 Å². The minimum absolute atomic E-state index is 0.146. The van der Waals surface area contributed by atoms with Crippen LogP contribution in [0.2, 0.25) is 0 Å². The van der Waals surface area contributed by atoms with Gasteiger partial charge in [-0.25, -0.2) is 0 Å². The average molecular weight is 328 g/mol. The topological polar surface area (TPSA) is 30.5 Å². The molecular weight excluding hydrogens is 306 g/mol. The number of benzene rings is 1. The van der Waals surface area contributed by atoms with Crippen LogP contribution in [0.25, 0.3) is 0 Å². The molecule has 1 saturated heterocycles. The molecule has 0 radical (unpaired) electrons. The molecular formula is C15H22BrNO2. The fraction of sp³-hybridized carbons (Fsp3) is 0.600. The van der Waals surface area contributed by atoms with Gasteiger partial charge in [-0.3, -0.25) is 0 Å². The molecule has 2 unspecified atom stereocenters. The van der Waals surface area contributed by atoms with E-state index in [0.717, 1.165) is 23.9 Å². The smallest absolute Gasteiger partial charge is 0.0965 e. The lowest BCUT2D eigenvalue weighted by molar-refractivity contribution is -0.101. The largest absolute Gasteiger partial charge is 0.376 e. The van der Waals surface area contributed by atoms with Crippen molar-refractivity contribution in [3.05, 3.63) is 34.3 Å². The van der Waals surface area contributed by atoms with Crippen LogP contribution in [0.15, 0.2) is 28.7 Å². The summed E-state index contributed by atoms with van der Waals surface area (Å²) in [5.74, 6) is 0. The third-order valence-corrected chi connectivity index (χ3v) is 4.12. The van der Waals surface area contributed by atoms with Crippen LogP contribution in [0.5, 0.6) is 0 Å². The molecule has 0 aliphatic carbocycles. The molecule has 0 bridgehead atoms. The zero-order chi connectivity index (χ0) is 13.5. The van der Waals surface area contributed by atoms with Crippen molar-refractivity contribution in [2.45, 2.75) is 31.9 Å². The minimum Gasteiger partial charge on any atom is -0.376 e. The van der Waals surface area contributed by atoms with Crippen LogP contribution in [0.4, 0.5) is 0 Å². The summed E-state index contributed by atoms with van der Waals surface area (Å²) in [6, 6.07) is 8.68. The monoisotopic (exact) mass is 327 g/mol. The first-order chi connectivity index (χ1) is 9.31. The molecule has 4 heteroatoms. The summed E-state index contributed by atoms with van der Waals surface area (Å²) in [6.07, 6.45) is 2.22. The van der Waals surface area contributed by atoms with Gasteiger partial charge in [-0.2, -0.15) is 0 Å². The lowest BCUT2D eigenvalue weighted by Crippen LogP contribution is -2.48. The SMILES string of the molecule is CCCNC(Cc1ccccc1Br)C1COCCO1. The number of halogens is 1. The molecule has 1 aromatic carbocycles. The predicted molar refractivity (Wildman–Crippen MR) is 80.5 cm³/mol. The van der Waals surface area contributed by atoms with E-state index in [1.807, 2.05) is 6.07 Å². The first kappa shape index (κ1) is 15.0. The predicted octanol–water partition coefficient (Wildman–Crippen LogP) is 2.78. The van der Waals surface area contributed by atoms with E-state index < -0.39 is 0 Å². The van der Waals surface area contributed by atoms with E-state index in [2.05, 4.69) is 46.4 Å². The fourth-order valence-electron chi connectivity index (χ4n) is 2.30. The van der Waals surface area contributed by atoms with Crippen LogP contribution in [-0.4, -0.2) is 38.5 Å². The highest BCUT2D eigenvalue weighted by molar-refractivity contribution is 9.10. The molecule has 1 aliphatic heterocycles. The number of rotatable bonds is 6. The highest BCUT2D eigenvalue weighted by Gasteiger charge is 2.25. The molecule has 3 nitrogen and oxygen atoms in total. The van der Waals surface area contributed by atoms with Gasteiger partial charge in [0.1, 0.15) is 0 Å². The van der Waals surface area contributed by atoms with Gasteiger partial charge in [0, 0.05) is 10.5 Å². The second kappa shape index (κ2) is 8.00. The molecule has 0 spiro atoms. The van der Waals surface area contributed by atoms with Gasteiger partial charge in [-0.1, -0.05) is 41.1 Å². The van der Waals surface area contributed by atoms with E-state index in [-0.39, 0.29) is 6.10 Å². The van der Waals surface area contributed by atoms with Crippen molar-refractivity contribution in [1.29, 1.82) is 0 Å². The minimum atomic E-state index is 0.146. The summed E-state index contributed by atoms with van der Waals surface area (Å²) in [6.45, 7) is 5.29. The molecule has 106 valence electrons. The Hall–Kier alpha value is -0.420. The van der Waals surface area contributed by atoms with E-state index in [1.54, 1.807) is 0 Å². The fourth-order valence-corrected chi connectivity index (χ4v) is 2.75. The van der Waals surface area contributed by atoms with Gasteiger partial charge >= 0.3 is 0 Å². The third kappa shape index (κ3) is 4.56. The number of hydrogen-bond donors (Lipinski definition) is 1. The molecule has 0 aromatic heterocycles. The molecule has 1 aromatic rings. The number of ether oxygens (including phenoxy) is 2. The van der Waals surface area contributed by atoms with Crippen molar-refractivity contribution in [2.24, 2.45) is 0 Å². The standard InChI is InChI=1S/C15H22BrNO2/c1-2-7-17-14(15-11-18-8-9-19-15)10-12-5-3-4-6-13(12)16/h3-6,14-15,17H,2,7-11H2,1H3. The first-order valence-corrected chi connectivity index (χ1v) is 7.76. The van der Waals surface area contributed by atoms with Crippen molar-refractivity contribution < 1.29 is 9.47 Å². The van der Waals surface area contributed by atoms with Gasteiger partial charge in [0.25, 0.3) is 0 Å². The van der Waals surface area contributed by atoms with Crippen molar-refractivity contribution in [2.75, 3.05) is 26.4 Å². The Morgan fingerprint density at radius 2 is 2.21 bits per heavy atom. The summed E-state index contributed by atoms with van der Waals surface area (Å²) in [5.41, 5.74) is 1.31. The molecule has 1 fully saturated rings. The van der Waals surface area contributed by atoms with Crippen molar-refractivity contribution in [3.63, 3.8) is 0 Å². The van der Waals surface area contributed by atoms with Crippen LogP contribution >= 0.6 is 15.9 Å². The van der Waals surface area contributed by atoms with Gasteiger partial charge < -0.3 is 14.8 Å². The zero-order valence-electron chi connectivity index (χ0n) is 11.4. The van der Waals surface area contributed by atoms with Crippen LogP contribution in [0.1, 0.15) is 18.9 Å². The van der Waals surface area contributed by atoms with E-state index in [0.29, 0.717) is 25.9 Å². The van der Waals surface area contributed by atoms with E-state index in [4.69, 9.17) is 9.47 Å². The van der Waals surface area contributed by atoms with Gasteiger partial charge in [0.2, 0.25) is 0 Å². The van der Waals surface area contributed by atoms with Crippen LogP contribution in [0, 0.1) is 0 Å². The number of nitrogens with one attached hydrogen (secondary N) is 1. The summed E-state index contributed by atoms with van der Waals surface area (Å²) in [5, 5.41) is 3.59. The summed E-state index contributed by atoms with van der Waals surface area (Å²) in [4.78, 5) is 0. The van der Waals surface area contributed by atoms with Crippen LogP contribution in [-0.2, 0) is 15.9 Å². The Kier molecular flexibility index (Phi) is 6.31. The maximum atomic E-state index is 5.85.